The zero-order valence-corrected chi connectivity index (χ0v) is 18.6. The maximum Gasteiger partial charge on any atom is 0.132 e. The number of unbranched alkanes of at least 4 members (excludes halogenated alkanes) is 1. The summed E-state index contributed by atoms with van der Waals surface area (Å²) in [6, 6.07) is 25.3. The first kappa shape index (κ1) is 21.5. The summed E-state index contributed by atoms with van der Waals surface area (Å²) < 4.78 is 0. The summed E-state index contributed by atoms with van der Waals surface area (Å²) in [6.45, 7) is 6.79. The minimum atomic E-state index is -0.352. The molecule has 0 unspecified atom stereocenters. The molecule has 3 aromatic rings. The van der Waals surface area contributed by atoms with Gasteiger partial charge in [0.25, 0.3) is 0 Å². The lowest BCUT2D eigenvalue weighted by molar-refractivity contribution is 0.448. The summed E-state index contributed by atoms with van der Waals surface area (Å²) in [5.41, 5.74) is 4.28. The number of thiol groups is 1. The second-order valence-electron chi connectivity index (χ2n) is 8.46. The van der Waals surface area contributed by atoms with Crippen LogP contribution < -0.4 is 0 Å². The fourth-order valence-electron chi connectivity index (χ4n) is 4.22. The van der Waals surface area contributed by atoms with Crippen molar-refractivity contribution in [3.05, 3.63) is 95.1 Å². The van der Waals surface area contributed by atoms with E-state index in [9.17, 15) is 5.11 Å². The Kier molecular flexibility index (Phi) is 7.08. The van der Waals surface area contributed by atoms with Gasteiger partial charge in [-0.05, 0) is 54.0 Å². The highest BCUT2D eigenvalue weighted by molar-refractivity contribution is 7.80. The summed E-state index contributed by atoms with van der Waals surface area (Å²) >= 11 is 4.51. The highest BCUT2D eigenvalue weighted by Gasteiger charge is 2.34. The maximum absolute atomic E-state index is 11.0. The van der Waals surface area contributed by atoms with Gasteiger partial charge in [-0.25, -0.2) is 0 Å². The second kappa shape index (κ2) is 9.54. The molecular weight excluding hydrogens is 372 g/mol. The lowest BCUT2D eigenvalue weighted by Gasteiger charge is -2.34. The molecule has 3 aromatic carbocycles. The molecule has 0 aliphatic carbocycles. The van der Waals surface area contributed by atoms with Crippen molar-refractivity contribution < 1.29 is 5.11 Å². The van der Waals surface area contributed by atoms with Gasteiger partial charge in [-0.2, -0.15) is 0 Å². The van der Waals surface area contributed by atoms with E-state index in [1.807, 2.05) is 6.07 Å². The molecule has 29 heavy (non-hydrogen) atoms. The minimum Gasteiger partial charge on any atom is -0.506 e. The Labute approximate surface area is 181 Å². The van der Waals surface area contributed by atoms with E-state index in [2.05, 4.69) is 100 Å². The largest absolute Gasteiger partial charge is 0.506 e. The molecule has 152 valence electrons. The van der Waals surface area contributed by atoms with Crippen LogP contribution in [0.3, 0.4) is 0 Å². The zero-order valence-electron chi connectivity index (χ0n) is 17.7. The number of hydrogen-bond donors (Lipinski definition) is 2. The average Bonchev–Trinajstić information content (AvgIpc) is 2.74. The van der Waals surface area contributed by atoms with E-state index < -0.39 is 0 Å². The van der Waals surface area contributed by atoms with Gasteiger partial charge >= 0.3 is 0 Å². The average molecular weight is 405 g/mol. The summed E-state index contributed by atoms with van der Waals surface area (Å²) in [4.78, 5) is 0.649. The second-order valence-corrected chi connectivity index (χ2v) is 8.94. The Hall–Kier alpha value is -2.19. The lowest BCUT2D eigenvalue weighted by Crippen LogP contribution is -2.27. The predicted octanol–water partition coefficient (Wildman–Crippen LogP) is 7.40. The van der Waals surface area contributed by atoms with E-state index in [-0.39, 0.29) is 5.41 Å². The maximum atomic E-state index is 11.0. The van der Waals surface area contributed by atoms with E-state index in [1.54, 1.807) is 0 Å². The van der Waals surface area contributed by atoms with Crippen LogP contribution in [0.1, 0.15) is 62.3 Å². The van der Waals surface area contributed by atoms with E-state index in [0.717, 1.165) is 24.0 Å². The van der Waals surface area contributed by atoms with Crippen molar-refractivity contribution >= 4 is 12.6 Å². The van der Waals surface area contributed by atoms with Crippen LogP contribution in [0.15, 0.2) is 77.7 Å². The molecule has 0 bridgehead atoms. The van der Waals surface area contributed by atoms with Crippen molar-refractivity contribution in [3.8, 4) is 5.75 Å². The summed E-state index contributed by atoms with van der Waals surface area (Å²) in [7, 11) is 0. The number of phenolic OH excluding ortho intramolecular Hbond substituents is 1. The monoisotopic (exact) mass is 404 g/mol. The molecular formula is C27H32OS. The molecule has 0 spiro atoms. The molecule has 0 radical (unpaired) electrons. The molecule has 0 aromatic heterocycles. The van der Waals surface area contributed by atoms with Gasteiger partial charge in [-0.3, -0.25) is 0 Å². The van der Waals surface area contributed by atoms with Crippen LogP contribution in [-0.4, -0.2) is 5.11 Å². The van der Waals surface area contributed by atoms with E-state index in [4.69, 9.17) is 0 Å². The molecule has 0 saturated carbocycles. The van der Waals surface area contributed by atoms with Crippen molar-refractivity contribution in [3.63, 3.8) is 0 Å². The Balaban J connectivity index is 2.12. The first-order chi connectivity index (χ1) is 13.9. The van der Waals surface area contributed by atoms with E-state index in [0.29, 0.717) is 16.6 Å². The molecule has 0 aliphatic heterocycles. The van der Waals surface area contributed by atoms with Gasteiger partial charge in [-0.1, -0.05) is 93.4 Å². The zero-order chi connectivity index (χ0) is 20.9. The molecule has 2 heteroatoms. The number of phenols is 1. The molecule has 1 N–H and O–H groups in total. The minimum absolute atomic E-state index is 0.327. The van der Waals surface area contributed by atoms with Crippen LogP contribution in [0, 0.1) is 5.92 Å². The quantitative estimate of drug-likeness (QED) is 0.228. The summed E-state index contributed by atoms with van der Waals surface area (Å²) in [5, 5.41) is 11.0. The van der Waals surface area contributed by atoms with Gasteiger partial charge in [0.15, 0.2) is 0 Å². The van der Waals surface area contributed by atoms with Crippen molar-refractivity contribution in [1.29, 1.82) is 0 Å². The summed E-state index contributed by atoms with van der Waals surface area (Å²) in [5.74, 6) is 1.03. The van der Waals surface area contributed by atoms with Crippen molar-refractivity contribution in [1.82, 2.24) is 0 Å². The molecule has 3 rings (SSSR count). The van der Waals surface area contributed by atoms with Gasteiger partial charge in [0.2, 0.25) is 0 Å². The Morgan fingerprint density at radius 3 is 1.90 bits per heavy atom. The smallest absolute Gasteiger partial charge is 0.132 e. The Morgan fingerprint density at radius 2 is 1.38 bits per heavy atom. The van der Waals surface area contributed by atoms with Gasteiger partial charge in [0.1, 0.15) is 5.75 Å². The predicted molar refractivity (Wildman–Crippen MR) is 126 cm³/mol. The standard InChI is InChI=1S/C27H32OS/c1-20(2)12-10-11-17-23-24(18-19-25(29)26(23)28)27(3,21-13-6-4-7-14-21)22-15-8-5-9-16-22/h4-9,13-16,18-20,28-29H,10-12,17H2,1-3H3. The fourth-order valence-corrected chi connectivity index (χ4v) is 4.43. The highest BCUT2D eigenvalue weighted by Crippen LogP contribution is 2.44. The van der Waals surface area contributed by atoms with E-state index in [1.165, 1.54) is 24.0 Å². The lowest BCUT2D eigenvalue weighted by atomic mass is 9.69. The third-order valence-electron chi connectivity index (χ3n) is 5.96. The van der Waals surface area contributed by atoms with E-state index >= 15 is 0 Å². The number of rotatable bonds is 8. The third-order valence-corrected chi connectivity index (χ3v) is 6.32. The van der Waals surface area contributed by atoms with Crippen LogP contribution in [0.2, 0.25) is 0 Å². The summed E-state index contributed by atoms with van der Waals surface area (Å²) in [6.07, 6.45) is 4.30. The molecule has 1 nitrogen and oxygen atoms in total. The highest BCUT2D eigenvalue weighted by atomic mass is 32.1. The normalized spacial score (nSPS) is 11.8. The van der Waals surface area contributed by atoms with Gasteiger partial charge in [0.05, 0.1) is 0 Å². The molecule has 0 amide bonds. The van der Waals surface area contributed by atoms with Crippen LogP contribution in [0.5, 0.6) is 5.75 Å². The molecule has 0 heterocycles. The van der Waals surface area contributed by atoms with Crippen molar-refractivity contribution in [2.24, 2.45) is 5.92 Å². The number of benzene rings is 3. The van der Waals surface area contributed by atoms with Crippen LogP contribution in [-0.2, 0) is 11.8 Å². The first-order valence-corrected chi connectivity index (χ1v) is 11.0. The first-order valence-electron chi connectivity index (χ1n) is 10.6. The van der Waals surface area contributed by atoms with Crippen molar-refractivity contribution in [2.45, 2.75) is 56.8 Å². The molecule has 0 aliphatic rings. The number of aromatic hydroxyl groups is 1. The van der Waals surface area contributed by atoms with Crippen LogP contribution in [0.25, 0.3) is 0 Å². The third kappa shape index (κ3) is 4.70. The molecule has 0 fully saturated rings. The molecule has 0 atom stereocenters. The number of hydrogen-bond acceptors (Lipinski definition) is 2. The van der Waals surface area contributed by atoms with Gasteiger partial charge < -0.3 is 5.11 Å². The Bertz CT molecular complexity index is 877. The fraction of sp³-hybridized carbons (Fsp3) is 0.333. The van der Waals surface area contributed by atoms with Crippen molar-refractivity contribution in [2.75, 3.05) is 0 Å². The molecule has 0 saturated heterocycles. The van der Waals surface area contributed by atoms with Crippen LogP contribution in [0.4, 0.5) is 0 Å². The SMILES string of the molecule is CC(C)CCCCc1c(C(C)(c2ccccc2)c2ccccc2)ccc(S)c1O. The topological polar surface area (TPSA) is 20.2 Å². The van der Waals surface area contributed by atoms with Gasteiger partial charge in [0, 0.05) is 10.3 Å². The van der Waals surface area contributed by atoms with Gasteiger partial charge in [-0.15, -0.1) is 12.6 Å². The Morgan fingerprint density at radius 1 is 0.828 bits per heavy atom. The van der Waals surface area contributed by atoms with Crippen LogP contribution >= 0.6 is 12.6 Å².